The van der Waals surface area contributed by atoms with E-state index >= 15 is 0 Å². The molecule has 0 aromatic heterocycles. The number of amides is 2. The Hall–Kier alpha value is -3.48. The highest BCUT2D eigenvalue weighted by Crippen LogP contribution is 2.45. The third-order valence-electron chi connectivity index (χ3n) is 6.52. The topological polar surface area (TPSA) is 89.9 Å². The molecule has 2 atom stereocenters. The van der Waals surface area contributed by atoms with Gasteiger partial charge in [0.05, 0.1) is 11.6 Å². The summed E-state index contributed by atoms with van der Waals surface area (Å²) in [6.07, 6.45) is 3.89. The third-order valence-corrected chi connectivity index (χ3v) is 6.52. The maximum atomic E-state index is 11.7. The van der Waals surface area contributed by atoms with Crippen molar-refractivity contribution in [1.29, 1.82) is 0 Å². The number of benzene rings is 2. The van der Waals surface area contributed by atoms with Gasteiger partial charge in [-0.2, -0.15) is 0 Å². The first kappa shape index (κ1) is 29.7. The van der Waals surface area contributed by atoms with Crippen LogP contribution in [-0.2, 0) is 15.1 Å². The molecule has 1 saturated carbocycles. The Bertz CT molecular complexity index is 1110. The minimum absolute atomic E-state index is 0.0913. The van der Waals surface area contributed by atoms with Crippen molar-refractivity contribution in [2.75, 3.05) is 13.1 Å². The van der Waals surface area contributed by atoms with E-state index in [2.05, 4.69) is 73.9 Å². The van der Waals surface area contributed by atoms with Crippen molar-refractivity contribution < 1.29 is 19.8 Å². The summed E-state index contributed by atoms with van der Waals surface area (Å²) < 4.78 is 0. The van der Waals surface area contributed by atoms with Gasteiger partial charge in [0.2, 0.25) is 6.41 Å². The van der Waals surface area contributed by atoms with E-state index in [1.807, 2.05) is 13.8 Å². The molecule has 2 aromatic carbocycles. The minimum Gasteiger partial charge on any atom is -0.390 e. The van der Waals surface area contributed by atoms with Crippen LogP contribution >= 0.6 is 0 Å². The Balaban J connectivity index is 0.000000248. The van der Waals surface area contributed by atoms with E-state index < -0.39 is 18.1 Å². The number of carbonyl (C=O) groups excluding carboxylic acids is 2. The first-order chi connectivity index (χ1) is 17.7. The van der Waals surface area contributed by atoms with Crippen molar-refractivity contribution in [2.45, 2.75) is 58.3 Å². The molecule has 37 heavy (non-hydrogen) atoms. The lowest BCUT2D eigenvalue weighted by molar-refractivity contribution is -0.143. The van der Waals surface area contributed by atoms with Crippen LogP contribution in [0.15, 0.2) is 85.0 Å². The number of aliphatic hydroxyl groups is 2. The predicted molar refractivity (Wildman–Crippen MR) is 150 cm³/mol. The number of allylic oxidation sites excluding steroid dienone is 2. The van der Waals surface area contributed by atoms with Gasteiger partial charge < -0.3 is 20.4 Å². The van der Waals surface area contributed by atoms with Gasteiger partial charge >= 0.3 is 0 Å². The number of hydrogen-bond donors (Lipinski definition) is 3. The van der Waals surface area contributed by atoms with E-state index in [-0.39, 0.29) is 5.54 Å². The monoisotopic (exact) mass is 504 g/mol. The second-order valence-corrected chi connectivity index (χ2v) is 9.15. The zero-order valence-corrected chi connectivity index (χ0v) is 22.4. The Labute approximate surface area is 221 Å². The van der Waals surface area contributed by atoms with Crippen molar-refractivity contribution in [3.63, 3.8) is 0 Å². The van der Waals surface area contributed by atoms with Gasteiger partial charge in [-0.25, -0.2) is 0 Å². The number of likely N-dealkylation sites (tertiary alicyclic amines) is 1. The largest absolute Gasteiger partial charge is 0.390 e. The van der Waals surface area contributed by atoms with Crippen molar-refractivity contribution in [1.82, 2.24) is 10.2 Å². The molecule has 1 heterocycles. The first-order valence-electron chi connectivity index (χ1n) is 12.7. The fourth-order valence-corrected chi connectivity index (χ4v) is 4.19. The van der Waals surface area contributed by atoms with Gasteiger partial charge in [-0.15, -0.1) is 0 Å². The summed E-state index contributed by atoms with van der Waals surface area (Å²) in [5, 5.41) is 21.5. The van der Waals surface area contributed by atoms with Crippen LogP contribution < -0.4 is 5.32 Å². The lowest BCUT2D eigenvalue weighted by Crippen LogP contribution is -2.42. The molecular formula is C31H40N2O4. The van der Waals surface area contributed by atoms with Crippen molar-refractivity contribution in [2.24, 2.45) is 0 Å². The molecule has 2 amide bonds. The highest BCUT2D eigenvalue weighted by atomic mass is 16.3. The molecule has 198 valence electrons. The van der Waals surface area contributed by atoms with E-state index in [9.17, 15) is 14.7 Å². The van der Waals surface area contributed by atoms with Crippen molar-refractivity contribution >= 4 is 12.3 Å². The van der Waals surface area contributed by atoms with E-state index in [0.717, 1.165) is 30.4 Å². The highest BCUT2D eigenvalue weighted by molar-refractivity contribution is 5.82. The second-order valence-electron chi connectivity index (χ2n) is 9.15. The maximum Gasteiger partial charge on any atom is 0.254 e. The predicted octanol–water partition coefficient (Wildman–Crippen LogP) is 4.66. The van der Waals surface area contributed by atoms with Crippen LogP contribution in [0.2, 0.25) is 0 Å². The third kappa shape index (κ3) is 7.51. The standard InChI is InChI=1S/C17H17NO.C12H17NO3.C2H6/c1-13-4-2-3-5-16(13)14-6-8-15(9-7-14)17(10-11-17)18-12-19;1-4-5-10-7-13(6-8(10)2)12(16)11(15)9(3)14;1-2/h2-9,12H,10-11H2,1H3,(H,18,19);4-5,9,11,14-15H,1-2,6-7H2,3H3;1-2H3/b;10-5-;. The molecule has 3 N–H and O–H groups in total. The quantitative estimate of drug-likeness (QED) is 0.479. The molecule has 0 bridgehead atoms. The SMILES string of the molecule is C=C/C=C1/CN(C(=O)C(O)C(C)O)CC1=C.CC.Cc1ccccc1-c1ccc(C2(NC=O)CC2)cc1. The summed E-state index contributed by atoms with van der Waals surface area (Å²) in [6.45, 7) is 15.7. The van der Waals surface area contributed by atoms with Crippen molar-refractivity contribution in [3.05, 3.63) is 96.1 Å². The van der Waals surface area contributed by atoms with Crippen LogP contribution in [0.3, 0.4) is 0 Å². The van der Waals surface area contributed by atoms with E-state index in [0.29, 0.717) is 13.1 Å². The fraction of sp³-hybridized carbons (Fsp3) is 0.355. The number of nitrogens with one attached hydrogen (secondary N) is 1. The number of aliphatic hydroxyl groups excluding tert-OH is 2. The summed E-state index contributed by atoms with van der Waals surface area (Å²) in [6, 6.07) is 16.9. The van der Waals surface area contributed by atoms with Crippen LogP contribution in [0.5, 0.6) is 0 Å². The van der Waals surface area contributed by atoms with Gasteiger partial charge in [0.15, 0.2) is 6.10 Å². The minimum atomic E-state index is -1.36. The van der Waals surface area contributed by atoms with Gasteiger partial charge in [0.1, 0.15) is 0 Å². The maximum absolute atomic E-state index is 11.7. The Morgan fingerprint density at radius 3 is 2.22 bits per heavy atom. The Morgan fingerprint density at radius 1 is 1.08 bits per heavy atom. The Morgan fingerprint density at radius 2 is 1.70 bits per heavy atom. The molecule has 0 radical (unpaired) electrons. The second kappa shape index (κ2) is 13.7. The zero-order chi connectivity index (χ0) is 27.6. The van der Waals surface area contributed by atoms with E-state index in [4.69, 9.17) is 5.11 Å². The molecule has 1 aliphatic carbocycles. The Kier molecular flexibility index (Phi) is 11.0. The van der Waals surface area contributed by atoms with Crippen LogP contribution in [0.25, 0.3) is 11.1 Å². The number of nitrogens with zero attached hydrogens (tertiary/aromatic N) is 1. The molecule has 2 fully saturated rings. The summed E-state index contributed by atoms with van der Waals surface area (Å²) in [7, 11) is 0. The van der Waals surface area contributed by atoms with Crippen LogP contribution in [0.4, 0.5) is 0 Å². The molecule has 6 nitrogen and oxygen atoms in total. The summed E-state index contributed by atoms with van der Waals surface area (Å²) in [5.41, 5.74) is 6.66. The number of hydrogen-bond acceptors (Lipinski definition) is 4. The number of rotatable bonds is 7. The van der Waals surface area contributed by atoms with Gasteiger partial charge in [0.25, 0.3) is 5.91 Å². The molecule has 0 spiro atoms. The highest BCUT2D eigenvalue weighted by Gasteiger charge is 2.43. The fourth-order valence-electron chi connectivity index (χ4n) is 4.19. The average Bonchev–Trinajstić information content (AvgIpc) is 3.60. The summed E-state index contributed by atoms with van der Waals surface area (Å²) in [4.78, 5) is 23.8. The van der Waals surface area contributed by atoms with Crippen molar-refractivity contribution in [3.8, 4) is 11.1 Å². The molecule has 1 saturated heterocycles. The van der Waals surface area contributed by atoms with Gasteiger partial charge in [0, 0.05) is 13.1 Å². The molecule has 4 rings (SSSR count). The van der Waals surface area contributed by atoms with Crippen LogP contribution in [0, 0.1) is 6.92 Å². The number of carbonyl (C=O) groups is 2. The summed E-state index contributed by atoms with van der Waals surface area (Å²) in [5.74, 6) is -0.469. The molecular weight excluding hydrogens is 464 g/mol. The van der Waals surface area contributed by atoms with Crippen LogP contribution in [-0.4, -0.2) is 52.7 Å². The first-order valence-corrected chi connectivity index (χ1v) is 12.7. The molecule has 2 unspecified atom stereocenters. The number of aryl methyl sites for hydroxylation is 1. The summed E-state index contributed by atoms with van der Waals surface area (Å²) >= 11 is 0. The van der Waals surface area contributed by atoms with E-state index in [1.54, 1.807) is 12.2 Å². The smallest absolute Gasteiger partial charge is 0.254 e. The molecule has 1 aliphatic heterocycles. The van der Waals surface area contributed by atoms with Gasteiger partial charge in [-0.1, -0.05) is 87.7 Å². The van der Waals surface area contributed by atoms with E-state index in [1.165, 1.54) is 34.1 Å². The van der Waals surface area contributed by atoms with Gasteiger partial charge in [-0.05, 0) is 60.1 Å². The molecule has 2 aliphatic rings. The average molecular weight is 505 g/mol. The molecule has 2 aromatic rings. The van der Waals surface area contributed by atoms with Crippen LogP contribution in [0.1, 0.15) is 44.7 Å². The zero-order valence-electron chi connectivity index (χ0n) is 22.4. The molecule has 6 heteroatoms. The lowest BCUT2D eigenvalue weighted by Gasteiger charge is -2.20. The normalized spacial score (nSPS) is 17.9. The lowest BCUT2D eigenvalue weighted by atomic mass is 9.97. The van der Waals surface area contributed by atoms with Gasteiger partial charge in [-0.3, -0.25) is 9.59 Å².